The zero-order chi connectivity index (χ0) is 13.0. The fourth-order valence-electron chi connectivity index (χ4n) is 2.26. The van der Waals surface area contributed by atoms with Crippen molar-refractivity contribution in [3.05, 3.63) is 39.9 Å². The fraction of sp³-hybridized carbons (Fsp3) is 0.462. The molecule has 1 aliphatic rings. The highest BCUT2D eigenvalue weighted by atomic mass is 16.6. The molecule has 0 atom stereocenters. The van der Waals surface area contributed by atoms with E-state index in [0.717, 1.165) is 25.7 Å². The van der Waals surface area contributed by atoms with Crippen LogP contribution in [0, 0.1) is 10.1 Å². The molecule has 1 fully saturated rings. The molecule has 1 aliphatic heterocycles. The van der Waals surface area contributed by atoms with E-state index in [1.165, 1.54) is 12.1 Å². The van der Waals surface area contributed by atoms with Gasteiger partial charge in [-0.25, -0.2) is 0 Å². The highest BCUT2D eigenvalue weighted by Crippen LogP contribution is 2.21. The topological polar surface area (TPSA) is 63.4 Å². The minimum Gasteiger partial charge on any atom is -0.338 e. The van der Waals surface area contributed by atoms with Crippen LogP contribution in [0.25, 0.3) is 0 Å². The molecule has 0 spiro atoms. The monoisotopic (exact) mass is 248 g/mol. The molecule has 2 rings (SSSR count). The van der Waals surface area contributed by atoms with Gasteiger partial charge in [-0.1, -0.05) is 25.0 Å². The summed E-state index contributed by atoms with van der Waals surface area (Å²) in [5.41, 5.74) is 0.0937. The van der Waals surface area contributed by atoms with Gasteiger partial charge in [0.05, 0.1) is 4.92 Å². The SMILES string of the molecule is O=C(c1ccccc1[N+](=O)[O-])N1CCCCCC1. The Morgan fingerprint density at radius 3 is 2.33 bits per heavy atom. The fourth-order valence-corrected chi connectivity index (χ4v) is 2.26. The van der Waals surface area contributed by atoms with Crippen LogP contribution >= 0.6 is 0 Å². The molecule has 0 saturated carbocycles. The van der Waals surface area contributed by atoms with Gasteiger partial charge in [0.2, 0.25) is 0 Å². The van der Waals surface area contributed by atoms with Crippen molar-refractivity contribution in [1.82, 2.24) is 4.90 Å². The number of nitro benzene ring substituents is 1. The summed E-state index contributed by atoms with van der Waals surface area (Å²) >= 11 is 0. The van der Waals surface area contributed by atoms with Gasteiger partial charge in [0.25, 0.3) is 11.6 Å². The molecule has 1 heterocycles. The molecule has 96 valence electrons. The van der Waals surface area contributed by atoms with Crippen LogP contribution in [0.15, 0.2) is 24.3 Å². The Labute approximate surface area is 106 Å². The maximum atomic E-state index is 12.3. The van der Waals surface area contributed by atoms with Gasteiger partial charge >= 0.3 is 0 Å². The number of carbonyl (C=O) groups is 1. The Kier molecular flexibility index (Phi) is 3.92. The minimum absolute atomic E-state index is 0.105. The van der Waals surface area contributed by atoms with E-state index in [4.69, 9.17) is 0 Å². The second-order valence-electron chi connectivity index (χ2n) is 4.48. The van der Waals surface area contributed by atoms with Crippen LogP contribution < -0.4 is 0 Å². The predicted molar refractivity (Wildman–Crippen MR) is 67.5 cm³/mol. The number of nitro groups is 1. The first-order valence-electron chi connectivity index (χ1n) is 6.23. The minimum atomic E-state index is -0.495. The zero-order valence-electron chi connectivity index (χ0n) is 10.2. The lowest BCUT2D eigenvalue weighted by atomic mass is 10.1. The average molecular weight is 248 g/mol. The van der Waals surface area contributed by atoms with Crippen LogP contribution in [0.1, 0.15) is 36.0 Å². The van der Waals surface area contributed by atoms with Crippen LogP contribution in [-0.4, -0.2) is 28.8 Å². The number of hydrogen-bond donors (Lipinski definition) is 0. The number of hydrogen-bond acceptors (Lipinski definition) is 3. The van der Waals surface area contributed by atoms with E-state index >= 15 is 0 Å². The predicted octanol–water partition coefficient (Wildman–Crippen LogP) is 2.61. The summed E-state index contributed by atoms with van der Waals surface area (Å²) in [6.45, 7) is 1.40. The summed E-state index contributed by atoms with van der Waals surface area (Å²) in [7, 11) is 0. The highest BCUT2D eigenvalue weighted by molar-refractivity contribution is 5.98. The van der Waals surface area contributed by atoms with Crippen molar-refractivity contribution < 1.29 is 9.72 Å². The summed E-state index contributed by atoms with van der Waals surface area (Å²) in [5.74, 6) is -0.218. The van der Waals surface area contributed by atoms with E-state index in [2.05, 4.69) is 0 Å². The number of rotatable bonds is 2. The van der Waals surface area contributed by atoms with Crippen molar-refractivity contribution in [2.24, 2.45) is 0 Å². The second-order valence-corrected chi connectivity index (χ2v) is 4.48. The van der Waals surface area contributed by atoms with E-state index in [9.17, 15) is 14.9 Å². The van der Waals surface area contributed by atoms with E-state index in [1.54, 1.807) is 17.0 Å². The molecule has 0 N–H and O–H groups in total. The van der Waals surface area contributed by atoms with E-state index in [-0.39, 0.29) is 17.2 Å². The third-order valence-corrected chi connectivity index (χ3v) is 3.22. The van der Waals surface area contributed by atoms with Crippen molar-refractivity contribution in [3.63, 3.8) is 0 Å². The number of nitrogens with zero attached hydrogens (tertiary/aromatic N) is 2. The first-order valence-corrected chi connectivity index (χ1v) is 6.23. The Balaban J connectivity index is 2.24. The van der Waals surface area contributed by atoms with Gasteiger partial charge in [-0.2, -0.15) is 0 Å². The van der Waals surface area contributed by atoms with Gasteiger partial charge in [0, 0.05) is 19.2 Å². The summed E-state index contributed by atoms with van der Waals surface area (Å²) in [6.07, 6.45) is 4.21. The molecule has 1 amide bonds. The molecule has 0 bridgehead atoms. The van der Waals surface area contributed by atoms with Crippen LogP contribution in [0.2, 0.25) is 0 Å². The molecule has 5 heteroatoms. The van der Waals surface area contributed by atoms with E-state index in [1.807, 2.05) is 0 Å². The van der Waals surface area contributed by atoms with Crippen LogP contribution in [0.3, 0.4) is 0 Å². The third kappa shape index (κ3) is 2.67. The van der Waals surface area contributed by atoms with Crippen molar-refractivity contribution in [2.75, 3.05) is 13.1 Å². The quantitative estimate of drug-likeness (QED) is 0.597. The molecule has 18 heavy (non-hydrogen) atoms. The van der Waals surface area contributed by atoms with Gasteiger partial charge < -0.3 is 4.90 Å². The number of likely N-dealkylation sites (tertiary alicyclic amines) is 1. The van der Waals surface area contributed by atoms with Gasteiger partial charge in [-0.3, -0.25) is 14.9 Å². The number of amides is 1. The standard InChI is InChI=1S/C13H16N2O3/c16-13(14-9-5-1-2-6-10-14)11-7-3-4-8-12(11)15(17)18/h3-4,7-8H,1-2,5-6,9-10H2. The molecule has 0 unspecified atom stereocenters. The van der Waals surface area contributed by atoms with Gasteiger partial charge in [0.15, 0.2) is 0 Å². The molecule has 5 nitrogen and oxygen atoms in total. The Bertz CT molecular complexity index is 451. The number of para-hydroxylation sites is 1. The van der Waals surface area contributed by atoms with Crippen molar-refractivity contribution in [3.8, 4) is 0 Å². The molecular formula is C13H16N2O3. The lowest BCUT2D eigenvalue weighted by molar-refractivity contribution is -0.385. The smallest absolute Gasteiger partial charge is 0.282 e. The van der Waals surface area contributed by atoms with Gasteiger partial charge in [-0.15, -0.1) is 0 Å². The van der Waals surface area contributed by atoms with Crippen LogP contribution in [0.4, 0.5) is 5.69 Å². The Morgan fingerprint density at radius 1 is 1.11 bits per heavy atom. The third-order valence-electron chi connectivity index (χ3n) is 3.22. The summed E-state index contributed by atoms with van der Waals surface area (Å²) < 4.78 is 0. The normalized spacial score (nSPS) is 16.1. The van der Waals surface area contributed by atoms with Gasteiger partial charge in [0.1, 0.15) is 5.56 Å². The van der Waals surface area contributed by atoms with Crippen LogP contribution in [-0.2, 0) is 0 Å². The lowest BCUT2D eigenvalue weighted by Gasteiger charge is -2.20. The first-order chi connectivity index (χ1) is 8.70. The highest BCUT2D eigenvalue weighted by Gasteiger charge is 2.24. The summed E-state index contributed by atoms with van der Waals surface area (Å²) in [4.78, 5) is 24.4. The summed E-state index contributed by atoms with van der Waals surface area (Å²) in [6, 6.07) is 6.16. The molecular weight excluding hydrogens is 232 g/mol. The molecule has 1 saturated heterocycles. The second kappa shape index (κ2) is 5.62. The molecule has 0 aliphatic carbocycles. The molecule has 0 aromatic heterocycles. The lowest BCUT2D eigenvalue weighted by Crippen LogP contribution is -2.32. The summed E-state index contributed by atoms with van der Waals surface area (Å²) in [5, 5.41) is 10.9. The average Bonchev–Trinajstić information content (AvgIpc) is 2.66. The maximum Gasteiger partial charge on any atom is 0.282 e. The van der Waals surface area contributed by atoms with Crippen molar-refractivity contribution >= 4 is 11.6 Å². The maximum absolute atomic E-state index is 12.3. The van der Waals surface area contributed by atoms with E-state index < -0.39 is 4.92 Å². The van der Waals surface area contributed by atoms with E-state index in [0.29, 0.717) is 13.1 Å². The molecule has 0 radical (unpaired) electrons. The Hall–Kier alpha value is -1.91. The largest absolute Gasteiger partial charge is 0.338 e. The van der Waals surface area contributed by atoms with Crippen LogP contribution in [0.5, 0.6) is 0 Å². The molecule has 1 aromatic rings. The molecule has 1 aromatic carbocycles. The zero-order valence-corrected chi connectivity index (χ0v) is 10.2. The van der Waals surface area contributed by atoms with Crippen molar-refractivity contribution in [1.29, 1.82) is 0 Å². The van der Waals surface area contributed by atoms with Crippen molar-refractivity contribution in [2.45, 2.75) is 25.7 Å². The van der Waals surface area contributed by atoms with Gasteiger partial charge in [-0.05, 0) is 18.9 Å². The first kappa shape index (κ1) is 12.5. The number of benzene rings is 1. The Morgan fingerprint density at radius 2 is 1.72 bits per heavy atom. The number of carbonyl (C=O) groups excluding carboxylic acids is 1.